The van der Waals surface area contributed by atoms with E-state index in [-0.39, 0.29) is 72.0 Å². The summed E-state index contributed by atoms with van der Waals surface area (Å²) in [7, 11) is 1.33. The maximum atomic E-state index is 13.9. The zero-order chi connectivity index (χ0) is 36.2. The molecule has 7 N–H and O–H groups in total. The molecule has 3 aliphatic rings. The Morgan fingerprint density at radius 1 is 1.04 bits per heavy atom. The van der Waals surface area contributed by atoms with Crippen molar-refractivity contribution >= 4 is 23.3 Å². The number of carbonyl (C=O) groups excluding carboxylic acids is 4. The van der Waals surface area contributed by atoms with Crippen LogP contribution < -0.4 is 10.1 Å². The van der Waals surface area contributed by atoms with Crippen molar-refractivity contribution < 1.29 is 64.0 Å². The standard InChI is InChI=1S/C35H38N2O13/c1-14-9-24(41)37(35(14)47)8-7-23(40)36-19-12-25(49-15(2)30(19)42)50-22-11-16(20(39)13-38)10-18-27(22)34(46)29-28(32(18)44)31(43)17-5-4-6-21(48-3)26(17)33(29)45/h4-6,9,15-16,19,22,25,30,38,41-42,44,46-47H,7-8,10-13H2,1-3H3,(H,36,40)/t15-,16?,19-,22-,25-,30+/m0/s1. The van der Waals surface area contributed by atoms with E-state index in [1.807, 2.05) is 0 Å². The lowest BCUT2D eigenvalue weighted by Crippen LogP contribution is -2.55. The van der Waals surface area contributed by atoms with Crippen LogP contribution in [0.3, 0.4) is 0 Å². The Morgan fingerprint density at radius 2 is 1.76 bits per heavy atom. The maximum Gasteiger partial charge on any atom is 0.222 e. The van der Waals surface area contributed by atoms with Gasteiger partial charge in [-0.15, -0.1) is 0 Å². The lowest BCUT2D eigenvalue weighted by molar-refractivity contribution is -0.245. The van der Waals surface area contributed by atoms with E-state index in [1.165, 1.54) is 35.9 Å². The Morgan fingerprint density at radius 3 is 2.42 bits per heavy atom. The number of aryl methyl sites for hydroxylation is 1. The van der Waals surface area contributed by atoms with Gasteiger partial charge in [0.2, 0.25) is 11.7 Å². The number of aliphatic hydroxyl groups is 2. The van der Waals surface area contributed by atoms with E-state index in [2.05, 4.69) is 5.32 Å². The summed E-state index contributed by atoms with van der Waals surface area (Å²) in [6.07, 6.45) is -4.90. The highest BCUT2D eigenvalue weighted by atomic mass is 16.7. The molecular formula is C35H38N2O13. The number of phenolic OH excluding ortho intramolecular Hbond substituents is 2. The predicted molar refractivity (Wildman–Crippen MR) is 171 cm³/mol. The van der Waals surface area contributed by atoms with E-state index in [0.717, 1.165) is 0 Å². The minimum Gasteiger partial charge on any atom is -0.507 e. The fourth-order valence-electron chi connectivity index (χ4n) is 7.21. The Hall–Kier alpha value is -4.96. The quantitative estimate of drug-likeness (QED) is 0.124. The molecule has 266 valence electrons. The van der Waals surface area contributed by atoms with Crippen LogP contribution in [-0.2, 0) is 32.0 Å². The molecule has 2 heterocycles. The number of hydrogen-bond donors (Lipinski definition) is 7. The van der Waals surface area contributed by atoms with Crippen LogP contribution in [0.1, 0.15) is 80.8 Å². The Kier molecular flexibility index (Phi) is 9.35. The van der Waals surface area contributed by atoms with Crippen molar-refractivity contribution in [2.24, 2.45) is 5.92 Å². The van der Waals surface area contributed by atoms with Gasteiger partial charge in [0, 0.05) is 53.6 Å². The summed E-state index contributed by atoms with van der Waals surface area (Å²) in [5.74, 6) is -5.00. The molecule has 6 rings (SSSR count). The molecule has 1 amide bonds. The molecule has 2 aliphatic carbocycles. The third kappa shape index (κ3) is 5.85. The molecule has 1 unspecified atom stereocenters. The van der Waals surface area contributed by atoms with Crippen LogP contribution in [0.5, 0.6) is 29.0 Å². The molecule has 15 nitrogen and oxygen atoms in total. The molecule has 1 fully saturated rings. The van der Waals surface area contributed by atoms with Crippen molar-refractivity contribution in [3.8, 4) is 29.0 Å². The number of fused-ring (bicyclic) bond motifs is 3. The Balaban J connectivity index is 1.30. The number of nitrogens with one attached hydrogen (secondary N) is 1. The SMILES string of the molecule is COc1cccc2c1C(=O)c1c(O)c3c(c(O)c1C2=O)CC(C(=O)CO)C[C@@H]3O[C@H]1C[C@H](NC(=O)CCn2c(O)cc(C)c2O)[C@H](O)[C@H](C)O1. The second kappa shape index (κ2) is 13.4. The van der Waals surface area contributed by atoms with Crippen molar-refractivity contribution in [3.63, 3.8) is 0 Å². The number of Topliss-reactive ketones (excluding diaryl/α,β-unsaturated/α-hetero) is 1. The average molecular weight is 695 g/mol. The maximum absolute atomic E-state index is 13.9. The number of nitrogens with zero attached hydrogens (tertiary/aromatic N) is 1. The molecule has 6 atom stereocenters. The van der Waals surface area contributed by atoms with E-state index in [4.69, 9.17) is 14.2 Å². The van der Waals surface area contributed by atoms with E-state index in [9.17, 15) is 49.8 Å². The number of hydrogen-bond acceptors (Lipinski definition) is 13. The second-order valence-electron chi connectivity index (χ2n) is 12.8. The number of ketones is 3. The molecule has 50 heavy (non-hydrogen) atoms. The third-order valence-electron chi connectivity index (χ3n) is 9.81. The van der Waals surface area contributed by atoms with Gasteiger partial charge in [-0.25, -0.2) is 0 Å². The van der Waals surface area contributed by atoms with Crippen LogP contribution in [0.2, 0.25) is 0 Å². The number of methoxy groups -OCH3 is 1. The molecule has 0 bridgehead atoms. The highest BCUT2D eigenvalue weighted by Crippen LogP contribution is 2.51. The molecule has 2 aromatic carbocycles. The first-order valence-electron chi connectivity index (χ1n) is 16.1. The number of carbonyl (C=O) groups is 4. The summed E-state index contributed by atoms with van der Waals surface area (Å²) >= 11 is 0. The molecular weight excluding hydrogens is 656 g/mol. The van der Waals surface area contributed by atoms with Gasteiger partial charge in [0.1, 0.15) is 30.0 Å². The summed E-state index contributed by atoms with van der Waals surface area (Å²) in [4.78, 5) is 53.3. The van der Waals surface area contributed by atoms with Crippen LogP contribution in [-0.4, -0.2) is 96.7 Å². The van der Waals surface area contributed by atoms with Crippen molar-refractivity contribution in [2.45, 2.75) is 76.7 Å². The highest BCUT2D eigenvalue weighted by molar-refractivity contribution is 6.31. The molecule has 0 radical (unpaired) electrons. The average Bonchev–Trinajstić information content (AvgIpc) is 3.34. The molecule has 15 heteroatoms. The number of amides is 1. The van der Waals surface area contributed by atoms with Crippen LogP contribution in [0.15, 0.2) is 24.3 Å². The Labute approximate surface area is 285 Å². The topological polar surface area (TPSA) is 234 Å². The van der Waals surface area contributed by atoms with Gasteiger partial charge in [-0.1, -0.05) is 12.1 Å². The van der Waals surface area contributed by atoms with Crippen molar-refractivity contribution in [1.82, 2.24) is 9.88 Å². The van der Waals surface area contributed by atoms with E-state index in [1.54, 1.807) is 13.8 Å². The first kappa shape index (κ1) is 34.9. The van der Waals surface area contributed by atoms with Crippen molar-refractivity contribution in [3.05, 3.63) is 63.2 Å². The van der Waals surface area contributed by atoms with Gasteiger partial charge in [-0.3, -0.25) is 23.7 Å². The largest absolute Gasteiger partial charge is 0.507 e. The van der Waals surface area contributed by atoms with E-state index < -0.39 is 89.1 Å². The van der Waals surface area contributed by atoms with E-state index in [0.29, 0.717) is 5.56 Å². The minimum absolute atomic E-state index is 0.00250. The highest BCUT2D eigenvalue weighted by Gasteiger charge is 2.45. The van der Waals surface area contributed by atoms with Gasteiger partial charge < -0.3 is 50.2 Å². The molecule has 0 saturated carbocycles. The number of phenols is 2. The number of aromatic hydroxyl groups is 4. The van der Waals surface area contributed by atoms with Gasteiger partial charge in [0.25, 0.3) is 0 Å². The predicted octanol–water partition coefficient (Wildman–Crippen LogP) is 1.66. The van der Waals surface area contributed by atoms with Gasteiger partial charge in [0.05, 0.1) is 42.0 Å². The molecule has 3 aromatic rings. The molecule has 1 aliphatic heterocycles. The number of aromatic nitrogens is 1. The number of ether oxygens (including phenoxy) is 3. The monoisotopic (exact) mass is 694 g/mol. The number of benzene rings is 2. The fraction of sp³-hybridized carbons (Fsp3) is 0.429. The first-order valence-corrected chi connectivity index (χ1v) is 16.1. The van der Waals surface area contributed by atoms with Gasteiger partial charge >= 0.3 is 0 Å². The van der Waals surface area contributed by atoms with Gasteiger partial charge in [-0.05, 0) is 32.8 Å². The summed E-state index contributed by atoms with van der Waals surface area (Å²) in [5, 5.41) is 66.7. The fourth-order valence-corrected chi connectivity index (χ4v) is 7.21. The van der Waals surface area contributed by atoms with Crippen molar-refractivity contribution in [2.75, 3.05) is 13.7 Å². The molecule has 0 spiro atoms. The first-order chi connectivity index (χ1) is 23.8. The lowest BCUT2D eigenvalue weighted by Gasteiger charge is -2.41. The van der Waals surface area contributed by atoms with Crippen LogP contribution in [0.4, 0.5) is 0 Å². The van der Waals surface area contributed by atoms with E-state index >= 15 is 0 Å². The summed E-state index contributed by atoms with van der Waals surface area (Å²) in [6, 6.07) is 4.87. The second-order valence-corrected chi connectivity index (χ2v) is 12.8. The lowest BCUT2D eigenvalue weighted by atomic mass is 9.73. The summed E-state index contributed by atoms with van der Waals surface area (Å²) in [6.45, 7) is 2.29. The zero-order valence-electron chi connectivity index (χ0n) is 27.5. The molecule has 1 aromatic heterocycles. The number of rotatable bonds is 9. The van der Waals surface area contributed by atoms with Crippen LogP contribution in [0.25, 0.3) is 0 Å². The van der Waals surface area contributed by atoms with Crippen LogP contribution in [0, 0.1) is 12.8 Å². The van der Waals surface area contributed by atoms with Gasteiger partial charge in [0.15, 0.2) is 29.6 Å². The minimum atomic E-state index is -1.20. The van der Waals surface area contributed by atoms with Gasteiger partial charge in [-0.2, -0.15) is 0 Å². The normalized spacial score (nSPS) is 24.3. The summed E-state index contributed by atoms with van der Waals surface area (Å²) in [5.41, 5.74) is -0.589. The third-order valence-corrected chi connectivity index (χ3v) is 9.81. The summed E-state index contributed by atoms with van der Waals surface area (Å²) < 4.78 is 18.7. The smallest absolute Gasteiger partial charge is 0.222 e. The zero-order valence-corrected chi connectivity index (χ0v) is 27.5. The molecule has 1 saturated heterocycles. The Bertz CT molecular complexity index is 1900. The van der Waals surface area contributed by atoms with Crippen molar-refractivity contribution in [1.29, 1.82) is 0 Å². The van der Waals surface area contributed by atoms with Crippen LogP contribution >= 0.6 is 0 Å². The number of aliphatic hydroxyl groups excluding tert-OH is 2.